The Kier molecular flexibility index (Phi) is 9.57. The molecular formula is C27H31F3N4O7S. The van der Waals surface area contributed by atoms with Crippen molar-refractivity contribution < 1.29 is 46.4 Å². The topological polar surface area (TPSA) is 106 Å². The minimum atomic E-state index is -4.78. The average molecular weight is 613 g/mol. The van der Waals surface area contributed by atoms with Gasteiger partial charge in [-0.25, -0.2) is 4.79 Å². The first-order valence-electron chi connectivity index (χ1n) is 12.7. The molecule has 228 valence electrons. The average Bonchev–Trinajstić information content (AvgIpc) is 3.26. The first-order chi connectivity index (χ1) is 19.9. The maximum Gasteiger partial charge on any atom is 0.573 e. The second-order valence-corrected chi connectivity index (χ2v) is 9.84. The van der Waals surface area contributed by atoms with E-state index in [0.717, 1.165) is 0 Å². The molecule has 1 N–H and O–H groups in total. The van der Waals surface area contributed by atoms with E-state index in [1.54, 1.807) is 48.8 Å². The Bertz CT molecular complexity index is 1420. The lowest BCUT2D eigenvalue weighted by molar-refractivity contribution is -0.288. The van der Waals surface area contributed by atoms with Gasteiger partial charge in [0.2, 0.25) is 6.29 Å². The Hall–Kier alpha value is -3.50. The summed E-state index contributed by atoms with van der Waals surface area (Å²) in [5, 5.41) is 7.92. The van der Waals surface area contributed by atoms with E-state index >= 15 is 0 Å². The Morgan fingerprint density at radius 1 is 1.05 bits per heavy atom. The molecule has 1 saturated heterocycles. The van der Waals surface area contributed by atoms with Gasteiger partial charge >= 0.3 is 12.5 Å². The summed E-state index contributed by atoms with van der Waals surface area (Å²) in [4.78, 5) is 14.8. The standard InChI is InChI=1S/C27H31F3N4O7S/c1-14-21(36-4)22(37-5)23(38-6)25(39-14)40-26(35)31-15-7-12-18-19(13-15)34(3)32-20(18)24(42)33(2)16-8-10-17(11-9-16)41-27(28,29)30/h7-14,21-23,25H,1-6H3,(H,31,35)/t14-,21-,22+,23+,25-/m0/s1. The van der Waals surface area contributed by atoms with E-state index < -0.39 is 43.2 Å². The van der Waals surface area contributed by atoms with Crippen LogP contribution in [0, 0.1) is 0 Å². The second kappa shape index (κ2) is 12.8. The van der Waals surface area contributed by atoms with Gasteiger partial charge in [-0.3, -0.25) is 10.00 Å². The molecule has 42 heavy (non-hydrogen) atoms. The van der Waals surface area contributed by atoms with Crippen molar-refractivity contribution in [2.75, 3.05) is 38.6 Å². The van der Waals surface area contributed by atoms with Crippen LogP contribution in [0.2, 0.25) is 0 Å². The van der Waals surface area contributed by atoms with Crippen LogP contribution in [0.5, 0.6) is 5.75 Å². The number of nitrogens with zero attached hydrogens (tertiary/aromatic N) is 3. The molecule has 2 heterocycles. The maximum atomic E-state index is 12.8. The van der Waals surface area contributed by atoms with Crippen LogP contribution in [0.15, 0.2) is 42.5 Å². The smallest absolute Gasteiger partial charge is 0.416 e. The minimum Gasteiger partial charge on any atom is -0.416 e. The first-order valence-corrected chi connectivity index (χ1v) is 13.1. The van der Waals surface area contributed by atoms with Gasteiger partial charge in [0.15, 0.2) is 0 Å². The maximum absolute atomic E-state index is 12.8. The third-order valence-electron chi connectivity index (χ3n) is 6.83. The van der Waals surface area contributed by atoms with Gasteiger partial charge in [0.1, 0.15) is 34.7 Å². The number of rotatable bonds is 8. The van der Waals surface area contributed by atoms with E-state index in [0.29, 0.717) is 33.0 Å². The van der Waals surface area contributed by atoms with Crippen molar-refractivity contribution in [1.29, 1.82) is 0 Å². The largest absolute Gasteiger partial charge is 0.573 e. The number of alkyl halides is 3. The van der Waals surface area contributed by atoms with Crippen LogP contribution >= 0.6 is 12.2 Å². The van der Waals surface area contributed by atoms with Crippen LogP contribution in [-0.4, -0.2) is 86.3 Å². The summed E-state index contributed by atoms with van der Waals surface area (Å²) in [6.07, 6.45) is -8.70. The zero-order valence-corrected chi connectivity index (χ0v) is 24.5. The molecule has 5 atom stereocenters. The molecule has 1 aliphatic rings. The lowest BCUT2D eigenvalue weighted by atomic mass is 9.99. The normalized spacial score (nSPS) is 22.5. The highest BCUT2D eigenvalue weighted by Gasteiger charge is 2.47. The van der Waals surface area contributed by atoms with Crippen LogP contribution in [0.3, 0.4) is 0 Å². The number of halogens is 3. The molecule has 1 amide bonds. The highest BCUT2D eigenvalue weighted by atomic mass is 32.1. The first kappa shape index (κ1) is 31.4. The van der Waals surface area contributed by atoms with Crippen LogP contribution in [0.4, 0.5) is 29.3 Å². The third-order valence-corrected chi connectivity index (χ3v) is 7.30. The Morgan fingerprint density at radius 3 is 2.29 bits per heavy atom. The number of aryl methyl sites for hydroxylation is 1. The number of benzene rings is 2. The minimum absolute atomic E-state index is 0.335. The summed E-state index contributed by atoms with van der Waals surface area (Å²) in [6, 6.07) is 10.4. The molecule has 15 heteroatoms. The molecule has 1 aromatic heterocycles. The van der Waals surface area contributed by atoms with E-state index in [2.05, 4.69) is 15.2 Å². The van der Waals surface area contributed by atoms with Crippen LogP contribution in [-0.2, 0) is 30.7 Å². The van der Waals surface area contributed by atoms with Crippen molar-refractivity contribution in [2.45, 2.75) is 44.0 Å². The number of fused-ring (bicyclic) bond motifs is 1. The van der Waals surface area contributed by atoms with Crippen molar-refractivity contribution in [3.63, 3.8) is 0 Å². The molecule has 0 radical (unpaired) electrons. The molecule has 2 aromatic carbocycles. The highest BCUT2D eigenvalue weighted by Crippen LogP contribution is 2.30. The fraction of sp³-hybridized carbons (Fsp3) is 0.444. The van der Waals surface area contributed by atoms with E-state index in [-0.39, 0.29) is 5.75 Å². The predicted molar refractivity (Wildman–Crippen MR) is 151 cm³/mol. The van der Waals surface area contributed by atoms with Gasteiger partial charge in [-0.1, -0.05) is 12.2 Å². The Morgan fingerprint density at radius 2 is 1.69 bits per heavy atom. The SMILES string of the molecule is CO[C@@H]1[C@@H](OC)[C@H](C)O[C@@H](OC(=O)Nc2ccc3c(C(=S)N(C)c4ccc(OC(F)(F)F)cc4)nn(C)c3c2)[C@@H]1OC. The number of carbonyl (C=O) groups excluding carboxylic acids is 1. The number of hydrogen-bond acceptors (Lipinski definition) is 9. The summed E-state index contributed by atoms with van der Waals surface area (Å²) in [7, 11) is 7.92. The number of thiocarbonyl (C=S) groups is 1. The van der Waals surface area contributed by atoms with Crippen molar-refractivity contribution >= 4 is 45.6 Å². The van der Waals surface area contributed by atoms with Gasteiger partial charge in [-0.15, -0.1) is 13.2 Å². The molecule has 3 aromatic rings. The van der Waals surface area contributed by atoms with E-state index in [9.17, 15) is 18.0 Å². The summed E-state index contributed by atoms with van der Waals surface area (Å²) >= 11 is 5.65. The molecule has 0 bridgehead atoms. The molecule has 0 aliphatic carbocycles. The van der Waals surface area contributed by atoms with Crippen LogP contribution in [0.25, 0.3) is 10.9 Å². The number of ether oxygens (including phenoxy) is 6. The predicted octanol–water partition coefficient (Wildman–Crippen LogP) is 4.62. The molecule has 0 unspecified atom stereocenters. The number of anilines is 2. The number of aromatic nitrogens is 2. The van der Waals surface area contributed by atoms with Crippen LogP contribution in [0.1, 0.15) is 12.6 Å². The van der Waals surface area contributed by atoms with Gasteiger partial charge in [0, 0.05) is 52.2 Å². The second-order valence-electron chi connectivity index (χ2n) is 9.45. The van der Waals surface area contributed by atoms with E-state index in [1.165, 1.54) is 45.6 Å². The van der Waals surface area contributed by atoms with Gasteiger partial charge in [-0.05, 0) is 49.4 Å². The summed E-state index contributed by atoms with van der Waals surface area (Å²) in [5.74, 6) is -0.340. The Balaban J connectivity index is 1.47. The summed E-state index contributed by atoms with van der Waals surface area (Å²) in [5.41, 5.74) is 2.10. The van der Waals surface area contributed by atoms with E-state index in [1.807, 2.05) is 0 Å². The zero-order chi connectivity index (χ0) is 30.8. The number of amides is 1. The molecule has 4 rings (SSSR count). The lowest BCUT2D eigenvalue weighted by Crippen LogP contribution is -2.59. The number of nitrogens with one attached hydrogen (secondary N) is 1. The summed E-state index contributed by atoms with van der Waals surface area (Å²) < 4.78 is 70.9. The monoisotopic (exact) mass is 612 g/mol. The molecule has 1 fully saturated rings. The van der Waals surface area contributed by atoms with Gasteiger partial charge in [-0.2, -0.15) is 5.10 Å². The molecule has 11 nitrogen and oxygen atoms in total. The van der Waals surface area contributed by atoms with Gasteiger partial charge in [0.25, 0.3) is 0 Å². The van der Waals surface area contributed by atoms with Crippen molar-refractivity contribution in [1.82, 2.24) is 9.78 Å². The lowest BCUT2D eigenvalue weighted by Gasteiger charge is -2.43. The molecular weight excluding hydrogens is 581 g/mol. The quantitative estimate of drug-likeness (QED) is 0.363. The number of hydrogen-bond donors (Lipinski definition) is 1. The summed E-state index contributed by atoms with van der Waals surface area (Å²) in [6.45, 7) is 1.79. The molecule has 0 saturated carbocycles. The molecule has 0 spiro atoms. The zero-order valence-electron chi connectivity index (χ0n) is 23.7. The number of carbonyl (C=O) groups is 1. The van der Waals surface area contributed by atoms with E-state index in [4.69, 9.17) is 35.9 Å². The van der Waals surface area contributed by atoms with Crippen molar-refractivity contribution in [3.05, 3.63) is 48.2 Å². The van der Waals surface area contributed by atoms with Crippen molar-refractivity contribution in [3.8, 4) is 5.75 Å². The highest BCUT2D eigenvalue weighted by molar-refractivity contribution is 7.81. The van der Waals surface area contributed by atoms with Gasteiger partial charge in [0.05, 0.1) is 11.6 Å². The molecule has 1 aliphatic heterocycles. The Labute approximate surface area is 245 Å². The third kappa shape index (κ3) is 6.76. The van der Waals surface area contributed by atoms with Crippen LogP contribution < -0.4 is 15.0 Å². The number of methoxy groups -OCH3 is 3. The van der Waals surface area contributed by atoms with Gasteiger partial charge < -0.3 is 33.3 Å². The van der Waals surface area contributed by atoms with Crippen molar-refractivity contribution in [2.24, 2.45) is 7.05 Å². The fourth-order valence-electron chi connectivity index (χ4n) is 4.80. The fourth-order valence-corrected chi connectivity index (χ4v) is 5.06.